The Balaban J connectivity index is 1.56. The minimum absolute atomic E-state index is 0.00912. The van der Waals surface area contributed by atoms with Crippen LogP contribution in [0.25, 0.3) is 11.0 Å². The van der Waals surface area contributed by atoms with Crippen LogP contribution < -0.4 is 19.5 Å². The molecule has 1 heterocycles. The predicted molar refractivity (Wildman–Crippen MR) is 103 cm³/mol. The summed E-state index contributed by atoms with van der Waals surface area (Å²) < 4.78 is 16.1. The summed E-state index contributed by atoms with van der Waals surface area (Å²) in [7, 11) is 3.03. The van der Waals surface area contributed by atoms with Gasteiger partial charge in [-0.15, -0.1) is 0 Å². The third kappa shape index (κ3) is 4.47. The number of benzene rings is 2. The van der Waals surface area contributed by atoms with E-state index in [1.54, 1.807) is 24.3 Å². The van der Waals surface area contributed by atoms with Gasteiger partial charge in [-0.1, -0.05) is 18.2 Å². The summed E-state index contributed by atoms with van der Waals surface area (Å²) in [4.78, 5) is 20.7. The quantitative estimate of drug-likeness (QED) is 0.612. The number of fused-ring (bicyclic) bond motifs is 1. The number of hydrogen-bond donors (Lipinski definition) is 2. The first-order valence-corrected chi connectivity index (χ1v) is 8.64. The number of amides is 1. The zero-order valence-corrected chi connectivity index (χ0v) is 15.6. The topological polar surface area (TPSA) is 103 Å². The highest BCUT2D eigenvalue weighted by Crippen LogP contribution is 2.36. The number of carbonyl (C=O) groups is 1. The van der Waals surface area contributed by atoms with Crippen LogP contribution >= 0.6 is 0 Å². The maximum atomic E-state index is 12.3. The van der Waals surface area contributed by atoms with E-state index in [9.17, 15) is 9.90 Å². The van der Waals surface area contributed by atoms with Gasteiger partial charge >= 0.3 is 0 Å². The van der Waals surface area contributed by atoms with Crippen molar-refractivity contribution in [3.05, 3.63) is 54.4 Å². The van der Waals surface area contributed by atoms with Crippen molar-refractivity contribution in [3.8, 4) is 17.2 Å². The lowest BCUT2D eigenvalue weighted by atomic mass is 10.3. The second-order valence-corrected chi connectivity index (χ2v) is 5.91. The zero-order valence-electron chi connectivity index (χ0n) is 15.6. The van der Waals surface area contributed by atoms with E-state index in [0.717, 1.165) is 0 Å². The van der Waals surface area contributed by atoms with Crippen LogP contribution in [0.1, 0.15) is 10.5 Å². The van der Waals surface area contributed by atoms with E-state index in [0.29, 0.717) is 28.3 Å². The average Bonchev–Trinajstić information content (AvgIpc) is 2.75. The van der Waals surface area contributed by atoms with E-state index in [1.807, 2.05) is 18.2 Å². The number of aromatic nitrogens is 2. The molecule has 0 aliphatic rings. The third-order valence-electron chi connectivity index (χ3n) is 3.98. The first-order chi connectivity index (χ1) is 13.6. The molecule has 2 aromatic carbocycles. The number of rotatable bonds is 8. The van der Waals surface area contributed by atoms with Gasteiger partial charge in [0.05, 0.1) is 31.4 Å². The molecule has 1 unspecified atom stereocenters. The van der Waals surface area contributed by atoms with E-state index >= 15 is 0 Å². The summed E-state index contributed by atoms with van der Waals surface area (Å²) in [5.41, 5.74) is 1.51. The normalized spacial score (nSPS) is 11.7. The van der Waals surface area contributed by atoms with Gasteiger partial charge in [0, 0.05) is 6.54 Å². The molecular weight excluding hydrogens is 362 g/mol. The first-order valence-electron chi connectivity index (χ1n) is 8.64. The molecule has 0 spiro atoms. The second kappa shape index (κ2) is 9.01. The minimum Gasteiger partial charge on any atom is -0.493 e. The van der Waals surface area contributed by atoms with Gasteiger partial charge in [-0.3, -0.25) is 9.78 Å². The van der Waals surface area contributed by atoms with Gasteiger partial charge in [0.25, 0.3) is 5.91 Å². The highest BCUT2D eigenvalue weighted by Gasteiger charge is 2.15. The predicted octanol–water partition coefficient (Wildman–Crippen LogP) is 1.82. The van der Waals surface area contributed by atoms with Gasteiger partial charge in [-0.05, 0) is 24.3 Å². The molecule has 0 fully saturated rings. The van der Waals surface area contributed by atoms with E-state index < -0.39 is 12.0 Å². The Morgan fingerprint density at radius 1 is 1.07 bits per heavy atom. The molecule has 8 heteroatoms. The van der Waals surface area contributed by atoms with E-state index in [-0.39, 0.29) is 18.8 Å². The van der Waals surface area contributed by atoms with Crippen LogP contribution in [-0.4, -0.2) is 54.5 Å². The van der Waals surface area contributed by atoms with Crippen LogP contribution in [0, 0.1) is 0 Å². The van der Waals surface area contributed by atoms with Crippen LogP contribution in [-0.2, 0) is 0 Å². The molecule has 8 nitrogen and oxygen atoms in total. The number of nitrogens with one attached hydrogen (secondary N) is 1. The van der Waals surface area contributed by atoms with E-state index in [1.165, 1.54) is 20.4 Å². The molecule has 1 aromatic heterocycles. The molecule has 0 aliphatic heterocycles. The number of nitrogens with zero attached hydrogens (tertiary/aromatic N) is 2. The maximum absolute atomic E-state index is 12.3. The fourth-order valence-corrected chi connectivity index (χ4v) is 2.57. The van der Waals surface area contributed by atoms with Crippen molar-refractivity contribution in [2.24, 2.45) is 0 Å². The molecular formula is C20H21N3O5. The van der Waals surface area contributed by atoms with Crippen molar-refractivity contribution in [1.82, 2.24) is 15.3 Å². The summed E-state index contributed by atoms with van der Waals surface area (Å²) in [6, 6.07) is 12.5. The zero-order chi connectivity index (χ0) is 19.9. The van der Waals surface area contributed by atoms with Crippen molar-refractivity contribution < 1.29 is 24.1 Å². The summed E-state index contributed by atoms with van der Waals surface area (Å²) in [5.74, 6) is 0.939. The Kier molecular flexibility index (Phi) is 6.23. The molecule has 2 N–H and O–H groups in total. The Labute approximate surface area is 162 Å². The molecule has 3 aromatic rings. The lowest BCUT2D eigenvalue weighted by Crippen LogP contribution is -2.35. The monoisotopic (exact) mass is 383 g/mol. The van der Waals surface area contributed by atoms with E-state index in [4.69, 9.17) is 14.2 Å². The van der Waals surface area contributed by atoms with Crippen LogP contribution in [0.4, 0.5) is 0 Å². The summed E-state index contributed by atoms with van der Waals surface area (Å²) >= 11 is 0. The third-order valence-corrected chi connectivity index (χ3v) is 3.98. The number of aliphatic hydroxyl groups is 1. The van der Waals surface area contributed by atoms with Gasteiger partial charge in [-0.2, -0.15) is 0 Å². The smallest absolute Gasteiger partial charge is 0.271 e. The summed E-state index contributed by atoms with van der Waals surface area (Å²) in [5, 5.41) is 12.8. The highest BCUT2D eigenvalue weighted by molar-refractivity contribution is 5.93. The maximum Gasteiger partial charge on any atom is 0.271 e. The SMILES string of the molecule is COc1cccc(OC)c1OCC(O)CNC(=O)c1cnc2ccccc2n1. The van der Waals surface area contributed by atoms with Gasteiger partial charge in [0.15, 0.2) is 11.5 Å². The lowest BCUT2D eigenvalue weighted by Gasteiger charge is -2.17. The molecule has 3 rings (SSSR count). The van der Waals surface area contributed by atoms with Crippen molar-refractivity contribution in [2.45, 2.75) is 6.10 Å². The molecule has 0 saturated heterocycles. The molecule has 0 aliphatic carbocycles. The first kappa shape index (κ1) is 19.4. The minimum atomic E-state index is -0.938. The largest absolute Gasteiger partial charge is 0.493 e. The van der Waals surface area contributed by atoms with Crippen molar-refractivity contribution >= 4 is 16.9 Å². The number of ether oxygens (including phenoxy) is 3. The summed E-state index contributed by atoms with van der Waals surface area (Å²) in [6.07, 6.45) is 0.465. The van der Waals surface area contributed by atoms with Crippen molar-refractivity contribution in [2.75, 3.05) is 27.4 Å². The van der Waals surface area contributed by atoms with E-state index in [2.05, 4.69) is 15.3 Å². The van der Waals surface area contributed by atoms with Crippen molar-refractivity contribution in [3.63, 3.8) is 0 Å². The Morgan fingerprint density at radius 2 is 1.75 bits per heavy atom. The molecule has 28 heavy (non-hydrogen) atoms. The Bertz CT molecular complexity index is 941. The molecule has 0 radical (unpaired) electrons. The standard InChI is InChI=1S/C20H21N3O5/c1-26-17-8-5-9-18(27-2)19(17)28-12-13(24)10-22-20(25)16-11-21-14-6-3-4-7-15(14)23-16/h3-9,11,13,24H,10,12H2,1-2H3,(H,22,25). The van der Waals surface area contributed by atoms with Crippen molar-refractivity contribution in [1.29, 1.82) is 0 Å². The molecule has 0 bridgehead atoms. The number of methoxy groups -OCH3 is 2. The van der Waals surface area contributed by atoms with Crippen LogP contribution in [0.15, 0.2) is 48.7 Å². The van der Waals surface area contributed by atoms with Crippen LogP contribution in [0.3, 0.4) is 0 Å². The van der Waals surface area contributed by atoms with Crippen LogP contribution in [0.2, 0.25) is 0 Å². The number of para-hydroxylation sites is 3. The van der Waals surface area contributed by atoms with Gasteiger partial charge in [0.1, 0.15) is 18.4 Å². The lowest BCUT2D eigenvalue weighted by molar-refractivity contribution is 0.0830. The fourth-order valence-electron chi connectivity index (χ4n) is 2.57. The second-order valence-electron chi connectivity index (χ2n) is 5.91. The molecule has 0 saturated carbocycles. The van der Waals surface area contributed by atoms with Gasteiger partial charge in [-0.25, -0.2) is 4.98 Å². The number of hydrogen-bond acceptors (Lipinski definition) is 7. The van der Waals surface area contributed by atoms with Gasteiger partial charge in [0.2, 0.25) is 5.75 Å². The summed E-state index contributed by atoms with van der Waals surface area (Å²) in [6.45, 7) is -0.0643. The Hall–Kier alpha value is -3.39. The molecule has 146 valence electrons. The fraction of sp³-hybridized carbons (Fsp3) is 0.250. The average molecular weight is 383 g/mol. The van der Waals surface area contributed by atoms with Gasteiger partial charge < -0.3 is 24.6 Å². The number of aliphatic hydroxyl groups excluding tert-OH is 1. The number of carbonyl (C=O) groups excluding carboxylic acids is 1. The highest BCUT2D eigenvalue weighted by atomic mass is 16.5. The Morgan fingerprint density at radius 3 is 2.43 bits per heavy atom. The van der Waals surface area contributed by atoms with Crippen LogP contribution in [0.5, 0.6) is 17.2 Å². The molecule has 1 amide bonds. The molecule has 1 atom stereocenters.